The molecule has 0 saturated carbocycles. The van der Waals surface area contributed by atoms with Crippen molar-refractivity contribution >= 4 is 71.8 Å². The Bertz CT molecular complexity index is 3480. The van der Waals surface area contributed by atoms with Crippen molar-refractivity contribution in [1.29, 1.82) is 10.7 Å². The van der Waals surface area contributed by atoms with E-state index in [4.69, 9.17) is 9.83 Å². The Morgan fingerprint density at radius 3 is 1.88 bits per heavy atom. The average Bonchev–Trinajstić information content (AvgIpc) is 3.99. The van der Waals surface area contributed by atoms with Crippen molar-refractivity contribution in [2.75, 3.05) is 0 Å². The van der Waals surface area contributed by atoms with Crippen molar-refractivity contribution in [1.82, 2.24) is 9.13 Å². The molecule has 5 heteroatoms. The van der Waals surface area contributed by atoms with Crippen LogP contribution in [0.2, 0.25) is 0 Å². The van der Waals surface area contributed by atoms with Crippen LogP contribution in [-0.2, 0) is 0 Å². The second-order valence-electron chi connectivity index (χ2n) is 14.7. The minimum absolute atomic E-state index is 0.206. The summed E-state index contributed by atoms with van der Waals surface area (Å²) in [5.41, 5.74) is 14.4. The summed E-state index contributed by atoms with van der Waals surface area (Å²) in [7, 11) is 0. The molecule has 1 unspecified atom stereocenters. The van der Waals surface area contributed by atoms with Gasteiger partial charge in [-0.25, -0.2) is 0 Å². The zero-order valence-electron chi connectivity index (χ0n) is 30.0. The van der Waals surface area contributed by atoms with E-state index < -0.39 is 0 Å². The molecular weight excluding hydrogens is 685 g/mol. The van der Waals surface area contributed by atoms with E-state index >= 15 is 0 Å². The molecule has 0 radical (unpaired) electrons. The number of nitriles is 1. The van der Waals surface area contributed by atoms with Crippen LogP contribution in [0.1, 0.15) is 33.7 Å². The van der Waals surface area contributed by atoms with Crippen molar-refractivity contribution in [3.8, 4) is 28.6 Å². The second-order valence-corrected chi connectivity index (χ2v) is 14.7. The molecule has 0 bridgehead atoms. The van der Waals surface area contributed by atoms with Crippen LogP contribution in [0.25, 0.3) is 88.1 Å². The summed E-state index contributed by atoms with van der Waals surface area (Å²) in [6.07, 6.45) is 1.38. The van der Waals surface area contributed by atoms with E-state index in [0.717, 1.165) is 88.3 Å². The monoisotopic (exact) mass is 714 g/mol. The van der Waals surface area contributed by atoms with Gasteiger partial charge in [-0.3, -0.25) is 0 Å². The molecule has 1 N–H and O–H groups in total. The van der Waals surface area contributed by atoms with Gasteiger partial charge in [0.15, 0.2) is 0 Å². The molecule has 5 nitrogen and oxygen atoms in total. The first-order chi connectivity index (χ1) is 27.7. The molecule has 3 aromatic heterocycles. The van der Waals surface area contributed by atoms with E-state index in [1.54, 1.807) is 0 Å². The van der Waals surface area contributed by atoms with Gasteiger partial charge in [0.2, 0.25) is 0 Å². The Labute approximate surface area is 321 Å². The predicted molar refractivity (Wildman–Crippen MR) is 228 cm³/mol. The minimum Gasteiger partial charge on any atom is -0.455 e. The Kier molecular flexibility index (Phi) is 6.27. The summed E-state index contributed by atoms with van der Waals surface area (Å²) in [6, 6.07) is 60.0. The first-order valence-corrected chi connectivity index (χ1v) is 18.9. The third kappa shape index (κ3) is 3.99. The van der Waals surface area contributed by atoms with Gasteiger partial charge >= 0.3 is 0 Å². The number of nitrogens with zero attached hydrogens (tertiary/aromatic N) is 3. The summed E-state index contributed by atoms with van der Waals surface area (Å²) < 4.78 is 11.1. The maximum atomic E-state index is 11.3. The number of aromatic nitrogens is 2. The van der Waals surface area contributed by atoms with Gasteiger partial charge in [0.1, 0.15) is 17.2 Å². The number of fused-ring (bicyclic) bond motifs is 13. The van der Waals surface area contributed by atoms with Crippen LogP contribution < -0.4 is 0 Å². The lowest BCUT2D eigenvalue weighted by molar-refractivity contribution is 0.670. The van der Waals surface area contributed by atoms with Crippen LogP contribution in [0.4, 0.5) is 0 Å². The van der Waals surface area contributed by atoms with Gasteiger partial charge in [-0.05, 0) is 64.7 Å². The van der Waals surface area contributed by atoms with Crippen LogP contribution in [0.15, 0.2) is 168 Å². The molecule has 8 aromatic carbocycles. The van der Waals surface area contributed by atoms with Crippen LogP contribution in [-0.4, -0.2) is 15.3 Å². The van der Waals surface area contributed by atoms with Crippen LogP contribution in [0, 0.1) is 16.7 Å². The third-order valence-corrected chi connectivity index (χ3v) is 12.0. The molecule has 0 fully saturated rings. The van der Waals surface area contributed by atoms with Crippen molar-refractivity contribution in [2.24, 2.45) is 0 Å². The number of para-hydroxylation sites is 4. The van der Waals surface area contributed by atoms with Gasteiger partial charge in [0.05, 0.1) is 33.3 Å². The Hall–Kier alpha value is -7.68. The standard InChI is InChI=1S/C51H30N4O/c52-28-30-21-23-38(48-36-15-1-2-16-37(36)49-40(48)25-24-39-35-14-6-10-20-47(35)56-51(39)49)42(29-53)50(30)55-45-19-9-5-13-34(45)41-27-31(22-26-46(41)55)54-43-17-7-3-11-32(43)33-12-4-8-18-44(33)54/h1-28,48,52H. The molecule has 3 heterocycles. The molecule has 56 heavy (non-hydrogen) atoms. The fourth-order valence-electron chi connectivity index (χ4n) is 9.68. The first kappa shape index (κ1) is 30.7. The lowest BCUT2D eigenvalue weighted by Gasteiger charge is -2.21. The third-order valence-electron chi connectivity index (χ3n) is 12.0. The maximum Gasteiger partial charge on any atom is 0.143 e. The predicted octanol–water partition coefficient (Wildman–Crippen LogP) is 12.8. The molecule has 0 amide bonds. The largest absolute Gasteiger partial charge is 0.455 e. The molecule has 0 spiro atoms. The first-order valence-electron chi connectivity index (χ1n) is 18.9. The molecule has 1 aliphatic rings. The normalized spacial score (nSPS) is 13.6. The van der Waals surface area contributed by atoms with Gasteiger partial charge in [-0.1, -0.05) is 121 Å². The van der Waals surface area contributed by atoms with Gasteiger partial charge in [-0.2, -0.15) is 5.26 Å². The van der Waals surface area contributed by atoms with Crippen molar-refractivity contribution in [3.05, 3.63) is 192 Å². The summed E-state index contributed by atoms with van der Waals surface area (Å²) >= 11 is 0. The number of benzene rings is 8. The van der Waals surface area contributed by atoms with Gasteiger partial charge in [-0.15, -0.1) is 0 Å². The van der Waals surface area contributed by atoms with Crippen LogP contribution in [0.5, 0.6) is 0 Å². The zero-order chi connectivity index (χ0) is 37.1. The number of hydrogen-bond donors (Lipinski definition) is 1. The molecule has 1 aliphatic carbocycles. The van der Waals surface area contributed by atoms with Crippen molar-refractivity contribution in [2.45, 2.75) is 5.92 Å². The molecule has 0 saturated heterocycles. The zero-order valence-corrected chi connectivity index (χ0v) is 30.0. The number of nitrogens with one attached hydrogen (secondary N) is 1. The topological polar surface area (TPSA) is 70.6 Å². The lowest BCUT2D eigenvalue weighted by atomic mass is 9.85. The molecule has 11 aromatic rings. The van der Waals surface area contributed by atoms with Crippen LogP contribution in [0.3, 0.4) is 0 Å². The van der Waals surface area contributed by atoms with Gasteiger partial charge < -0.3 is 19.0 Å². The van der Waals surface area contributed by atoms with Gasteiger partial charge in [0, 0.05) is 61.3 Å². The molecule has 12 rings (SSSR count). The summed E-state index contributed by atoms with van der Waals surface area (Å²) in [6.45, 7) is 0. The van der Waals surface area contributed by atoms with Crippen molar-refractivity contribution in [3.63, 3.8) is 0 Å². The molecule has 1 atom stereocenters. The molecule has 260 valence electrons. The fourth-order valence-corrected chi connectivity index (χ4v) is 9.68. The van der Waals surface area contributed by atoms with Crippen molar-refractivity contribution < 1.29 is 4.42 Å². The van der Waals surface area contributed by atoms with E-state index in [-0.39, 0.29) is 5.92 Å². The van der Waals surface area contributed by atoms with Crippen LogP contribution >= 0.6 is 0 Å². The van der Waals surface area contributed by atoms with E-state index in [0.29, 0.717) is 16.8 Å². The van der Waals surface area contributed by atoms with E-state index in [2.05, 4.69) is 149 Å². The minimum atomic E-state index is -0.206. The quantitative estimate of drug-likeness (QED) is 0.184. The number of furan rings is 1. The van der Waals surface area contributed by atoms with E-state index in [9.17, 15) is 5.26 Å². The highest BCUT2D eigenvalue weighted by Crippen LogP contribution is 2.53. The highest BCUT2D eigenvalue weighted by atomic mass is 16.3. The number of rotatable bonds is 4. The maximum absolute atomic E-state index is 11.3. The van der Waals surface area contributed by atoms with E-state index in [1.807, 2.05) is 30.3 Å². The summed E-state index contributed by atoms with van der Waals surface area (Å²) in [5.74, 6) is -0.206. The molecular formula is C51H30N4O. The number of hydrogen-bond acceptors (Lipinski definition) is 3. The lowest BCUT2D eigenvalue weighted by Crippen LogP contribution is -2.09. The highest BCUT2D eigenvalue weighted by molar-refractivity contribution is 6.14. The Morgan fingerprint density at radius 1 is 0.536 bits per heavy atom. The summed E-state index contributed by atoms with van der Waals surface area (Å²) in [5, 5.41) is 26.7. The molecule has 0 aliphatic heterocycles. The smallest absolute Gasteiger partial charge is 0.143 e. The SMILES string of the molecule is N#Cc1c(C2c3ccccc3-c3c2ccc2c3oc3ccccc32)ccc(C=N)c1-n1c2ccccc2c2cc(-n3c4ccccc4c4ccccc43)ccc21. The highest BCUT2D eigenvalue weighted by Gasteiger charge is 2.35. The summed E-state index contributed by atoms with van der Waals surface area (Å²) in [4.78, 5) is 0. The van der Waals surface area contributed by atoms with Gasteiger partial charge in [0.25, 0.3) is 0 Å². The Balaban J connectivity index is 1.12. The second kappa shape index (κ2) is 11.4. The van der Waals surface area contributed by atoms with E-state index in [1.165, 1.54) is 17.0 Å². The fraction of sp³-hybridized carbons (Fsp3) is 0.0196. The average molecular weight is 715 g/mol. The Morgan fingerprint density at radius 2 is 1.14 bits per heavy atom.